The molecule has 0 atom stereocenters. The molecule has 20 heavy (non-hydrogen) atoms. The Labute approximate surface area is 127 Å². The van der Waals surface area contributed by atoms with E-state index in [4.69, 9.17) is 11.6 Å². The predicted molar refractivity (Wildman–Crippen MR) is 82.7 cm³/mol. The van der Waals surface area contributed by atoms with E-state index in [2.05, 4.69) is 6.92 Å². The van der Waals surface area contributed by atoms with E-state index in [1.54, 1.807) is 16.4 Å². The SMILES string of the molecule is CCCCN(C1CC1)S(=O)(=O)c1ccc(CCCl)cc1. The number of sulfonamides is 1. The lowest BCUT2D eigenvalue weighted by Gasteiger charge is -2.21. The van der Waals surface area contributed by atoms with E-state index in [0.717, 1.165) is 37.7 Å². The van der Waals surface area contributed by atoms with Gasteiger partial charge in [-0.05, 0) is 43.4 Å². The normalized spacial score (nSPS) is 15.8. The molecule has 0 N–H and O–H groups in total. The second-order valence-electron chi connectivity index (χ2n) is 5.28. The average molecular weight is 316 g/mol. The maximum Gasteiger partial charge on any atom is 0.243 e. The van der Waals surface area contributed by atoms with Crippen LogP contribution in [0.25, 0.3) is 0 Å². The molecule has 0 bridgehead atoms. The molecule has 1 saturated carbocycles. The molecule has 3 nitrogen and oxygen atoms in total. The molecule has 0 spiro atoms. The van der Waals surface area contributed by atoms with Crippen LogP contribution in [0.3, 0.4) is 0 Å². The first-order valence-electron chi connectivity index (χ1n) is 7.26. The molecule has 0 aromatic heterocycles. The number of hydrogen-bond acceptors (Lipinski definition) is 2. The fourth-order valence-electron chi connectivity index (χ4n) is 2.25. The van der Waals surface area contributed by atoms with Crippen molar-refractivity contribution in [2.75, 3.05) is 12.4 Å². The molecule has 2 rings (SSSR count). The highest BCUT2D eigenvalue weighted by molar-refractivity contribution is 7.89. The van der Waals surface area contributed by atoms with Crippen LogP contribution in [-0.2, 0) is 16.4 Å². The third-order valence-corrected chi connectivity index (χ3v) is 5.75. The summed E-state index contributed by atoms with van der Waals surface area (Å²) in [6, 6.07) is 7.35. The van der Waals surface area contributed by atoms with Gasteiger partial charge in [0.15, 0.2) is 0 Å². The molecule has 0 aliphatic heterocycles. The van der Waals surface area contributed by atoms with Gasteiger partial charge in [0, 0.05) is 18.5 Å². The van der Waals surface area contributed by atoms with Crippen LogP contribution in [-0.4, -0.2) is 31.2 Å². The van der Waals surface area contributed by atoms with Crippen molar-refractivity contribution in [3.05, 3.63) is 29.8 Å². The van der Waals surface area contributed by atoms with E-state index in [9.17, 15) is 8.42 Å². The van der Waals surface area contributed by atoms with Crippen LogP contribution in [0.1, 0.15) is 38.2 Å². The van der Waals surface area contributed by atoms with Crippen molar-refractivity contribution in [2.45, 2.75) is 50.0 Å². The molecule has 0 radical (unpaired) electrons. The summed E-state index contributed by atoms with van der Waals surface area (Å²) in [5, 5.41) is 0. The van der Waals surface area contributed by atoms with Crippen molar-refractivity contribution in [1.82, 2.24) is 4.31 Å². The number of alkyl halides is 1. The van der Waals surface area contributed by atoms with Crippen LogP contribution in [0.2, 0.25) is 0 Å². The molecule has 0 unspecified atom stereocenters. The molecule has 0 amide bonds. The second-order valence-corrected chi connectivity index (χ2v) is 7.55. The Morgan fingerprint density at radius 2 is 1.90 bits per heavy atom. The van der Waals surface area contributed by atoms with Crippen LogP contribution >= 0.6 is 11.6 Å². The Kier molecular flexibility index (Phi) is 5.47. The Bertz CT molecular complexity index is 523. The standard InChI is InChI=1S/C15H22ClNO2S/c1-2-3-12-17(14-6-7-14)20(18,19)15-8-4-13(5-9-15)10-11-16/h4-5,8-9,14H,2-3,6-7,10-12H2,1H3. The van der Waals surface area contributed by atoms with Gasteiger partial charge >= 0.3 is 0 Å². The van der Waals surface area contributed by atoms with E-state index in [-0.39, 0.29) is 6.04 Å². The number of aryl methyl sites for hydroxylation is 1. The third-order valence-electron chi connectivity index (χ3n) is 3.60. The number of benzene rings is 1. The quantitative estimate of drug-likeness (QED) is 0.689. The number of unbranched alkanes of at least 4 members (excludes halogenated alkanes) is 1. The number of halogens is 1. The van der Waals surface area contributed by atoms with Gasteiger partial charge in [0.1, 0.15) is 0 Å². The van der Waals surface area contributed by atoms with Gasteiger partial charge < -0.3 is 0 Å². The number of nitrogens with zero attached hydrogens (tertiary/aromatic N) is 1. The highest BCUT2D eigenvalue weighted by Crippen LogP contribution is 2.32. The zero-order valence-corrected chi connectivity index (χ0v) is 13.5. The van der Waals surface area contributed by atoms with Crippen LogP contribution in [0.5, 0.6) is 0 Å². The maximum absolute atomic E-state index is 12.7. The van der Waals surface area contributed by atoms with Gasteiger partial charge in [-0.25, -0.2) is 8.42 Å². The van der Waals surface area contributed by atoms with Gasteiger partial charge in [0.05, 0.1) is 4.90 Å². The molecule has 0 heterocycles. The van der Waals surface area contributed by atoms with Crippen molar-refractivity contribution >= 4 is 21.6 Å². The van der Waals surface area contributed by atoms with E-state index in [1.165, 1.54) is 0 Å². The second kappa shape index (κ2) is 6.92. The first-order valence-corrected chi connectivity index (χ1v) is 9.23. The minimum absolute atomic E-state index is 0.217. The first-order chi connectivity index (χ1) is 9.59. The zero-order valence-electron chi connectivity index (χ0n) is 11.9. The van der Waals surface area contributed by atoms with Gasteiger partial charge in [0.2, 0.25) is 10.0 Å². The summed E-state index contributed by atoms with van der Waals surface area (Å²) in [6.45, 7) is 2.71. The highest BCUT2D eigenvalue weighted by atomic mass is 35.5. The molecular formula is C15H22ClNO2S. The predicted octanol–water partition coefficient (Wildman–Crippen LogP) is 3.42. The van der Waals surface area contributed by atoms with Crippen molar-refractivity contribution in [3.63, 3.8) is 0 Å². The lowest BCUT2D eigenvalue weighted by molar-refractivity contribution is 0.395. The highest BCUT2D eigenvalue weighted by Gasteiger charge is 2.37. The Morgan fingerprint density at radius 1 is 1.25 bits per heavy atom. The van der Waals surface area contributed by atoms with E-state index in [0.29, 0.717) is 17.3 Å². The summed E-state index contributed by atoms with van der Waals surface area (Å²) in [7, 11) is -3.34. The molecule has 1 aliphatic carbocycles. The molecule has 1 aromatic rings. The van der Waals surface area contributed by atoms with Gasteiger partial charge in [-0.15, -0.1) is 11.6 Å². The number of hydrogen-bond donors (Lipinski definition) is 0. The summed E-state index contributed by atoms with van der Waals surface area (Å²) < 4.78 is 27.1. The monoisotopic (exact) mass is 315 g/mol. The smallest absolute Gasteiger partial charge is 0.207 e. The first kappa shape index (κ1) is 15.8. The summed E-state index contributed by atoms with van der Waals surface area (Å²) in [5.74, 6) is 0.552. The Hall–Kier alpha value is -0.580. The third kappa shape index (κ3) is 3.74. The maximum atomic E-state index is 12.7. The summed E-state index contributed by atoms with van der Waals surface area (Å²) in [4.78, 5) is 0.402. The van der Waals surface area contributed by atoms with E-state index in [1.807, 2.05) is 12.1 Å². The van der Waals surface area contributed by atoms with Crippen molar-refractivity contribution in [1.29, 1.82) is 0 Å². The van der Waals surface area contributed by atoms with Gasteiger partial charge in [-0.1, -0.05) is 25.5 Å². The fourth-order valence-corrected chi connectivity index (χ4v) is 4.19. The van der Waals surface area contributed by atoms with Gasteiger partial charge in [0.25, 0.3) is 0 Å². The molecular weight excluding hydrogens is 294 g/mol. The van der Waals surface area contributed by atoms with Crippen LogP contribution < -0.4 is 0 Å². The van der Waals surface area contributed by atoms with Gasteiger partial charge in [-0.2, -0.15) is 4.31 Å². The Balaban J connectivity index is 2.18. The molecule has 0 saturated heterocycles. The lowest BCUT2D eigenvalue weighted by Crippen LogP contribution is -2.34. The number of rotatable bonds is 8. The average Bonchev–Trinajstić information content (AvgIpc) is 3.24. The van der Waals surface area contributed by atoms with E-state index < -0.39 is 10.0 Å². The molecule has 1 aromatic carbocycles. The topological polar surface area (TPSA) is 37.4 Å². The minimum atomic E-state index is -3.34. The minimum Gasteiger partial charge on any atom is -0.207 e. The molecule has 1 aliphatic rings. The summed E-state index contributed by atoms with van der Waals surface area (Å²) in [5.41, 5.74) is 1.07. The summed E-state index contributed by atoms with van der Waals surface area (Å²) >= 11 is 5.70. The zero-order chi connectivity index (χ0) is 14.6. The largest absolute Gasteiger partial charge is 0.243 e. The van der Waals surface area contributed by atoms with Gasteiger partial charge in [-0.3, -0.25) is 0 Å². The van der Waals surface area contributed by atoms with Crippen LogP contribution in [0.4, 0.5) is 0 Å². The molecule has 112 valence electrons. The fraction of sp³-hybridized carbons (Fsp3) is 0.600. The van der Waals surface area contributed by atoms with E-state index >= 15 is 0 Å². The molecule has 5 heteroatoms. The van der Waals surface area contributed by atoms with Crippen molar-refractivity contribution < 1.29 is 8.42 Å². The van der Waals surface area contributed by atoms with Crippen molar-refractivity contribution in [2.24, 2.45) is 0 Å². The lowest BCUT2D eigenvalue weighted by atomic mass is 10.2. The molecule has 1 fully saturated rings. The Morgan fingerprint density at radius 3 is 2.40 bits per heavy atom. The van der Waals surface area contributed by atoms with Crippen LogP contribution in [0.15, 0.2) is 29.2 Å². The summed E-state index contributed by atoms with van der Waals surface area (Å²) in [6.07, 6.45) is 4.68. The van der Waals surface area contributed by atoms with Crippen molar-refractivity contribution in [3.8, 4) is 0 Å². The van der Waals surface area contributed by atoms with Crippen LogP contribution in [0, 0.1) is 0 Å².